The fourth-order valence-corrected chi connectivity index (χ4v) is 2.18. The zero-order valence-corrected chi connectivity index (χ0v) is 8.81. The normalized spacial score (nSPS) is 20.6. The Balaban J connectivity index is 2.30. The van der Waals surface area contributed by atoms with Crippen LogP contribution in [0.1, 0.15) is 31.4 Å². The van der Waals surface area contributed by atoms with Crippen molar-refractivity contribution in [3.8, 4) is 0 Å². The van der Waals surface area contributed by atoms with Crippen LogP contribution in [0.4, 0.5) is 5.82 Å². The monoisotopic (exact) mass is 205 g/mol. The van der Waals surface area contributed by atoms with Gasteiger partial charge in [0, 0.05) is 25.2 Å². The molecular weight excluding hydrogens is 190 g/mol. The van der Waals surface area contributed by atoms with Crippen LogP contribution in [-0.2, 0) is 4.79 Å². The molecule has 15 heavy (non-hydrogen) atoms. The number of aromatic nitrogens is 1. The first-order valence-electron chi connectivity index (χ1n) is 5.17. The molecule has 1 aromatic heterocycles. The quantitative estimate of drug-likeness (QED) is 0.752. The average Bonchev–Trinajstić information content (AvgIpc) is 2.67. The molecule has 2 rings (SSSR count). The predicted octanol–water partition coefficient (Wildman–Crippen LogP) is 1.35. The summed E-state index contributed by atoms with van der Waals surface area (Å²) in [5.41, 5.74) is 6.79. The van der Waals surface area contributed by atoms with Gasteiger partial charge in [0.15, 0.2) is 0 Å². The summed E-state index contributed by atoms with van der Waals surface area (Å²) in [6.45, 7) is 2.43. The van der Waals surface area contributed by atoms with Crippen molar-refractivity contribution in [2.75, 3.05) is 12.3 Å². The van der Waals surface area contributed by atoms with Crippen LogP contribution in [0.15, 0.2) is 18.3 Å². The number of nitrogen functional groups attached to an aromatic ring is 1. The van der Waals surface area contributed by atoms with Crippen LogP contribution in [-0.4, -0.2) is 22.3 Å². The maximum absolute atomic E-state index is 11.4. The second-order valence-electron chi connectivity index (χ2n) is 3.85. The number of carbonyl (C=O) groups is 1. The summed E-state index contributed by atoms with van der Waals surface area (Å²) >= 11 is 0. The van der Waals surface area contributed by atoms with E-state index in [0.29, 0.717) is 5.82 Å². The van der Waals surface area contributed by atoms with Crippen molar-refractivity contribution in [1.29, 1.82) is 0 Å². The van der Waals surface area contributed by atoms with E-state index in [1.54, 1.807) is 13.1 Å². The van der Waals surface area contributed by atoms with Crippen molar-refractivity contribution >= 4 is 11.7 Å². The minimum atomic E-state index is 0.112. The van der Waals surface area contributed by atoms with Gasteiger partial charge in [0.1, 0.15) is 5.82 Å². The molecule has 4 heteroatoms. The van der Waals surface area contributed by atoms with Gasteiger partial charge in [0.2, 0.25) is 5.91 Å². The molecule has 1 atom stereocenters. The van der Waals surface area contributed by atoms with E-state index in [9.17, 15) is 4.79 Å². The Morgan fingerprint density at radius 2 is 2.47 bits per heavy atom. The van der Waals surface area contributed by atoms with Crippen LogP contribution >= 0.6 is 0 Å². The number of hydrogen-bond acceptors (Lipinski definition) is 3. The molecule has 4 nitrogen and oxygen atoms in total. The Labute approximate surface area is 89.1 Å². The summed E-state index contributed by atoms with van der Waals surface area (Å²) < 4.78 is 0. The lowest BCUT2D eigenvalue weighted by Gasteiger charge is -2.24. The molecule has 1 aliphatic rings. The summed E-state index contributed by atoms with van der Waals surface area (Å²) in [7, 11) is 0. The molecule has 0 radical (unpaired) electrons. The van der Waals surface area contributed by atoms with E-state index in [0.717, 1.165) is 24.9 Å². The van der Waals surface area contributed by atoms with E-state index in [2.05, 4.69) is 4.98 Å². The number of rotatable bonds is 1. The lowest BCUT2D eigenvalue weighted by atomic mass is 10.1. The second kappa shape index (κ2) is 3.88. The molecule has 1 aromatic rings. The van der Waals surface area contributed by atoms with Crippen LogP contribution in [0.25, 0.3) is 0 Å². The number of amides is 1. The van der Waals surface area contributed by atoms with Gasteiger partial charge < -0.3 is 10.6 Å². The maximum atomic E-state index is 11.4. The minimum absolute atomic E-state index is 0.112. The molecule has 2 N–H and O–H groups in total. The number of nitrogens with two attached hydrogens (primary N) is 1. The van der Waals surface area contributed by atoms with Gasteiger partial charge in [-0.3, -0.25) is 4.79 Å². The standard InChI is InChI=1S/C11H15N3O/c1-8(15)14-7-3-5-10(14)9-4-2-6-13-11(9)12/h2,4,6,10H,3,5,7H2,1H3,(H2,12,13). The first-order valence-corrected chi connectivity index (χ1v) is 5.17. The van der Waals surface area contributed by atoms with Gasteiger partial charge in [-0.2, -0.15) is 0 Å². The van der Waals surface area contributed by atoms with Gasteiger partial charge in [0.05, 0.1) is 6.04 Å². The minimum Gasteiger partial charge on any atom is -0.383 e. The predicted molar refractivity (Wildman–Crippen MR) is 58.0 cm³/mol. The van der Waals surface area contributed by atoms with Crippen molar-refractivity contribution in [1.82, 2.24) is 9.88 Å². The SMILES string of the molecule is CC(=O)N1CCCC1c1cccnc1N. The fraction of sp³-hybridized carbons (Fsp3) is 0.455. The Kier molecular flexibility index (Phi) is 2.58. The summed E-state index contributed by atoms with van der Waals surface area (Å²) in [6.07, 6.45) is 3.69. The van der Waals surface area contributed by atoms with Crippen LogP contribution in [0, 0.1) is 0 Å². The van der Waals surface area contributed by atoms with Gasteiger partial charge in [-0.1, -0.05) is 6.07 Å². The number of carbonyl (C=O) groups excluding carboxylic acids is 1. The molecule has 1 aliphatic heterocycles. The van der Waals surface area contributed by atoms with Crippen LogP contribution in [0.3, 0.4) is 0 Å². The highest BCUT2D eigenvalue weighted by Crippen LogP contribution is 2.33. The Morgan fingerprint density at radius 1 is 1.67 bits per heavy atom. The highest BCUT2D eigenvalue weighted by Gasteiger charge is 2.29. The largest absolute Gasteiger partial charge is 0.383 e. The summed E-state index contributed by atoms with van der Waals surface area (Å²) in [5, 5.41) is 0. The topological polar surface area (TPSA) is 59.2 Å². The zero-order valence-electron chi connectivity index (χ0n) is 8.81. The van der Waals surface area contributed by atoms with Crippen LogP contribution in [0.2, 0.25) is 0 Å². The van der Waals surface area contributed by atoms with Crippen molar-refractivity contribution in [2.45, 2.75) is 25.8 Å². The molecule has 1 unspecified atom stereocenters. The van der Waals surface area contributed by atoms with Crippen molar-refractivity contribution in [3.63, 3.8) is 0 Å². The molecule has 1 amide bonds. The van der Waals surface area contributed by atoms with E-state index in [1.807, 2.05) is 17.0 Å². The molecule has 0 spiro atoms. The van der Waals surface area contributed by atoms with E-state index in [-0.39, 0.29) is 11.9 Å². The van der Waals surface area contributed by atoms with Gasteiger partial charge in [-0.25, -0.2) is 4.98 Å². The third-order valence-corrected chi connectivity index (χ3v) is 2.89. The van der Waals surface area contributed by atoms with Crippen LogP contribution in [0.5, 0.6) is 0 Å². The smallest absolute Gasteiger partial charge is 0.219 e. The first kappa shape index (κ1) is 9.96. The third-order valence-electron chi connectivity index (χ3n) is 2.89. The number of nitrogens with zero attached hydrogens (tertiary/aromatic N) is 2. The van der Waals surface area contributed by atoms with E-state index in [1.165, 1.54) is 0 Å². The zero-order chi connectivity index (χ0) is 10.8. The number of hydrogen-bond donors (Lipinski definition) is 1. The average molecular weight is 205 g/mol. The summed E-state index contributed by atoms with van der Waals surface area (Å²) in [4.78, 5) is 17.3. The van der Waals surface area contributed by atoms with Gasteiger partial charge >= 0.3 is 0 Å². The molecule has 1 saturated heterocycles. The van der Waals surface area contributed by atoms with Gasteiger partial charge in [0.25, 0.3) is 0 Å². The Bertz CT molecular complexity index is 378. The molecule has 0 saturated carbocycles. The molecule has 0 aliphatic carbocycles. The molecule has 1 fully saturated rings. The summed E-state index contributed by atoms with van der Waals surface area (Å²) in [6, 6.07) is 3.94. The van der Waals surface area contributed by atoms with Crippen molar-refractivity contribution in [3.05, 3.63) is 23.9 Å². The summed E-state index contributed by atoms with van der Waals surface area (Å²) in [5.74, 6) is 0.649. The van der Waals surface area contributed by atoms with Crippen LogP contribution < -0.4 is 5.73 Å². The second-order valence-corrected chi connectivity index (χ2v) is 3.85. The molecule has 0 bridgehead atoms. The molecular formula is C11H15N3O. The molecule has 0 aromatic carbocycles. The van der Waals surface area contributed by atoms with Gasteiger partial charge in [-0.15, -0.1) is 0 Å². The Morgan fingerprint density at radius 3 is 3.13 bits per heavy atom. The van der Waals surface area contributed by atoms with Crippen molar-refractivity contribution < 1.29 is 4.79 Å². The fourth-order valence-electron chi connectivity index (χ4n) is 2.18. The number of anilines is 1. The molecule has 2 heterocycles. The van der Waals surface area contributed by atoms with E-state index in [4.69, 9.17) is 5.73 Å². The highest BCUT2D eigenvalue weighted by molar-refractivity contribution is 5.74. The van der Waals surface area contributed by atoms with Crippen molar-refractivity contribution in [2.24, 2.45) is 0 Å². The van der Waals surface area contributed by atoms with E-state index >= 15 is 0 Å². The number of likely N-dealkylation sites (tertiary alicyclic amines) is 1. The Hall–Kier alpha value is -1.58. The molecule has 80 valence electrons. The highest BCUT2D eigenvalue weighted by atomic mass is 16.2. The maximum Gasteiger partial charge on any atom is 0.219 e. The third kappa shape index (κ3) is 1.79. The van der Waals surface area contributed by atoms with E-state index < -0.39 is 0 Å². The number of pyridine rings is 1. The van der Waals surface area contributed by atoms with Gasteiger partial charge in [-0.05, 0) is 18.9 Å². The lowest BCUT2D eigenvalue weighted by Crippen LogP contribution is -2.28. The lowest BCUT2D eigenvalue weighted by molar-refractivity contribution is -0.129. The first-order chi connectivity index (χ1) is 7.20.